The minimum absolute atomic E-state index is 0.447. The fourth-order valence-electron chi connectivity index (χ4n) is 1.64. The first-order valence-electron chi connectivity index (χ1n) is 4.95. The van der Waals surface area contributed by atoms with Crippen LogP contribution >= 0.6 is 15.9 Å². The summed E-state index contributed by atoms with van der Waals surface area (Å²) < 4.78 is 0.944. The Kier molecular flexibility index (Phi) is 3.24. The third-order valence-electron chi connectivity index (χ3n) is 2.54. The van der Waals surface area contributed by atoms with Crippen molar-refractivity contribution >= 4 is 27.6 Å². The predicted molar refractivity (Wildman–Crippen MR) is 64.1 cm³/mol. The van der Waals surface area contributed by atoms with Crippen molar-refractivity contribution in [3.8, 4) is 0 Å². The van der Waals surface area contributed by atoms with Gasteiger partial charge in [0, 0.05) is 23.8 Å². The van der Waals surface area contributed by atoms with E-state index in [9.17, 15) is 4.79 Å². The lowest BCUT2D eigenvalue weighted by atomic mass is 10.0. The molecule has 0 fully saturated rings. The molecule has 1 amide bonds. The van der Waals surface area contributed by atoms with Crippen molar-refractivity contribution < 1.29 is 9.90 Å². The Morgan fingerprint density at radius 2 is 2.31 bits per heavy atom. The minimum atomic E-state index is -0.862. The normalized spacial score (nSPS) is 15.8. The van der Waals surface area contributed by atoms with Crippen LogP contribution in [0.1, 0.15) is 12.1 Å². The summed E-state index contributed by atoms with van der Waals surface area (Å²) in [6.45, 7) is 0.987. The molecule has 5 heteroatoms. The molecule has 0 aromatic carbocycles. The molecule has 0 unspecified atom stereocenters. The van der Waals surface area contributed by atoms with E-state index in [2.05, 4.69) is 20.9 Å². The molecule has 1 aromatic rings. The molecular formula is C11H11BrN2O2. The zero-order valence-electron chi connectivity index (χ0n) is 8.56. The van der Waals surface area contributed by atoms with E-state index in [0.29, 0.717) is 13.1 Å². The largest absolute Gasteiger partial charge is 0.465 e. The Balaban J connectivity index is 2.13. The van der Waals surface area contributed by atoms with E-state index >= 15 is 0 Å². The summed E-state index contributed by atoms with van der Waals surface area (Å²) in [5.74, 6) is 0. The molecule has 84 valence electrons. The topological polar surface area (TPSA) is 53.4 Å². The van der Waals surface area contributed by atoms with Gasteiger partial charge in [0.1, 0.15) is 0 Å². The molecule has 1 aliphatic heterocycles. The average Bonchev–Trinajstić information content (AvgIpc) is 2.30. The Morgan fingerprint density at radius 1 is 1.50 bits per heavy atom. The highest BCUT2D eigenvalue weighted by molar-refractivity contribution is 9.10. The minimum Gasteiger partial charge on any atom is -0.465 e. The number of carboxylic acid groups (broad SMARTS) is 1. The Bertz CT molecular complexity index is 428. The van der Waals surface area contributed by atoms with E-state index in [1.54, 1.807) is 6.20 Å². The number of pyridine rings is 1. The summed E-state index contributed by atoms with van der Waals surface area (Å²) in [6.07, 6.45) is 3.54. The van der Waals surface area contributed by atoms with E-state index < -0.39 is 6.09 Å². The Labute approximate surface area is 102 Å². The van der Waals surface area contributed by atoms with Crippen LogP contribution in [0.15, 0.2) is 28.9 Å². The van der Waals surface area contributed by atoms with Crippen LogP contribution in [-0.2, 0) is 0 Å². The molecule has 0 radical (unpaired) electrons. The number of hydrogen-bond donors (Lipinski definition) is 1. The van der Waals surface area contributed by atoms with Gasteiger partial charge in [0.05, 0.1) is 5.69 Å². The van der Waals surface area contributed by atoms with Crippen molar-refractivity contribution in [3.05, 3.63) is 34.6 Å². The fraction of sp³-hybridized carbons (Fsp3) is 0.273. The summed E-state index contributed by atoms with van der Waals surface area (Å²) >= 11 is 3.33. The number of nitrogens with zero attached hydrogens (tertiary/aromatic N) is 2. The van der Waals surface area contributed by atoms with Crippen LogP contribution in [0.3, 0.4) is 0 Å². The van der Waals surface area contributed by atoms with Crippen LogP contribution in [0.5, 0.6) is 0 Å². The van der Waals surface area contributed by atoms with Crippen molar-refractivity contribution in [2.45, 2.75) is 6.42 Å². The Hall–Kier alpha value is -1.36. The third kappa shape index (κ3) is 2.41. The molecule has 16 heavy (non-hydrogen) atoms. The lowest BCUT2D eigenvalue weighted by molar-refractivity contribution is 0.150. The van der Waals surface area contributed by atoms with Crippen LogP contribution in [0.2, 0.25) is 0 Å². The van der Waals surface area contributed by atoms with E-state index in [-0.39, 0.29) is 0 Å². The second kappa shape index (κ2) is 4.65. The summed E-state index contributed by atoms with van der Waals surface area (Å²) in [4.78, 5) is 16.4. The second-order valence-electron chi connectivity index (χ2n) is 3.57. The van der Waals surface area contributed by atoms with E-state index in [4.69, 9.17) is 5.11 Å². The number of hydrogen-bond acceptors (Lipinski definition) is 2. The monoisotopic (exact) mass is 282 g/mol. The zero-order valence-corrected chi connectivity index (χ0v) is 10.1. The highest BCUT2D eigenvalue weighted by atomic mass is 79.9. The molecule has 1 aromatic heterocycles. The number of halogens is 1. The fourth-order valence-corrected chi connectivity index (χ4v) is 1.88. The van der Waals surface area contributed by atoms with Crippen molar-refractivity contribution in [2.24, 2.45) is 0 Å². The lowest BCUT2D eigenvalue weighted by Gasteiger charge is -2.23. The van der Waals surface area contributed by atoms with Gasteiger partial charge in [-0.3, -0.25) is 4.98 Å². The van der Waals surface area contributed by atoms with E-state index in [0.717, 1.165) is 22.2 Å². The maximum Gasteiger partial charge on any atom is 0.407 e. The first kappa shape index (κ1) is 11.1. The number of aromatic nitrogens is 1. The van der Waals surface area contributed by atoms with Crippen molar-refractivity contribution in [2.75, 3.05) is 13.1 Å². The molecule has 0 aliphatic carbocycles. The molecule has 2 heterocycles. The lowest BCUT2D eigenvalue weighted by Crippen LogP contribution is -2.33. The van der Waals surface area contributed by atoms with Gasteiger partial charge in [-0.25, -0.2) is 4.79 Å². The highest BCUT2D eigenvalue weighted by Gasteiger charge is 2.16. The van der Waals surface area contributed by atoms with Gasteiger partial charge in [-0.1, -0.05) is 6.08 Å². The smallest absolute Gasteiger partial charge is 0.407 e. The summed E-state index contributed by atoms with van der Waals surface area (Å²) in [5, 5.41) is 8.81. The zero-order chi connectivity index (χ0) is 11.5. The number of rotatable bonds is 1. The van der Waals surface area contributed by atoms with Gasteiger partial charge < -0.3 is 10.0 Å². The van der Waals surface area contributed by atoms with Gasteiger partial charge in [-0.05, 0) is 40.1 Å². The van der Waals surface area contributed by atoms with Crippen LogP contribution in [0.4, 0.5) is 4.79 Å². The van der Waals surface area contributed by atoms with Gasteiger partial charge in [-0.15, -0.1) is 0 Å². The summed E-state index contributed by atoms with van der Waals surface area (Å²) in [7, 11) is 0. The molecular weight excluding hydrogens is 272 g/mol. The molecule has 0 saturated heterocycles. The predicted octanol–water partition coefficient (Wildman–Crippen LogP) is 2.61. The quantitative estimate of drug-likeness (QED) is 0.862. The van der Waals surface area contributed by atoms with Gasteiger partial charge in [0.25, 0.3) is 0 Å². The van der Waals surface area contributed by atoms with Gasteiger partial charge in [-0.2, -0.15) is 0 Å². The van der Waals surface area contributed by atoms with Gasteiger partial charge in [0.15, 0.2) is 0 Å². The summed E-state index contributed by atoms with van der Waals surface area (Å²) in [5.41, 5.74) is 2.04. The van der Waals surface area contributed by atoms with Crippen molar-refractivity contribution in [3.63, 3.8) is 0 Å². The molecule has 0 atom stereocenters. The highest BCUT2D eigenvalue weighted by Crippen LogP contribution is 2.21. The first-order valence-corrected chi connectivity index (χ1v) is 5.75. The van der Waals surface area contributed by atoms with Crippen LogP contribution in [0.25, 0.3) is 5.57 Å². The number of amides is 1. The van der Waals surface area contributed by atoms with Crippen molar-refractivity contribution in [1.29, 1.82) is 0 Å². The molecule has 1 N–H and O–H groups in total. The maximum atomic E-state index is 10.7. The molecule has 0 saturated carbocycles. The molecule has 2 rings (SSSR count). The number of carbonyl (C=O) groups is 1. The van der Waals surface area contributed by atoms with Crippen LogP contribution in [-0.4, -0.2) is 34.2 Å². The molecule has 0 bridgehead atoms. The molecule has 0 spiro atoms. The third-order valence-corrected chi connectivity index (χ3v) is 3.01. The molecule has 4 nitrogen and oxygen atoms in total. The standard InChI is InChI=1S/C11H11BrN2O2/c12-9-1-2-10(13-7-9)8-3-5-14(6-4-8)11(15)16/h1-3,7H,4-6H2,(H,15,16). The first-order chi connectivity index (χ1) is 7.66. The van der Waals surface area contributed by atoms with E-state index in [1.165, 1.54) is 4.90 Å². The van der Waals surface area contributed by atoms with Gasteiger partial charge >= 0.3 is 6.09 Å². The van der Waals surface area contributed by atoms with Crippen molar-refractivity contribution in [1.82, 2.24) is 9.88 Å². The Morgan fingerprint density at radius 3 is 2.81 bits per heavy atom. The van der Waals surface area contributed by atoms with Gasteiger partial charge in [0.2, 0.25) is 0 Å². The SMILES string of the molecule is O=C(O)N1CC=C(c2ccc(Br)cn2)CC1. The molecule has 1 aliphatic rings. The van der Waals surface area contributed by atoms with Crippen LogP contribution in [0, 0.1) is 0 Å². The maximum absolute atomic E-state index is 10.7. The van der Waals surface area contributed by atoms with Crippen LogP contribution < -0.4 is 0 Å². The summed E-state index contributed by atoms with van der Waals surface area (Å²) in [6, 6.07) is 3.87. The average molecular weight is 283 g/mol. The second-order valence-corrected chi connectivity index (χ2v) is 4.49. The van der Waals surface area contributed by atoms with E-state index in [1.807, 2.05) is 18.2 Å².